The first-order valence-electron chi connectivity index (χ1n) is 8.00. The highest BCUT2D eigenvalue weighted by atomic mass is 35.5. The first kappa shape index (κ1) is 19.2. The van der Waals surface area contributed by atoms with E-state index >= 15 is 0 Å². The van der Waals surface area contributed by atoms with Crippen LogP contribution in [0.5, 0.6) is 0 Å². The maximum absolute atomic E-state index is 13.1. The van der Waals surface area contributed by atoms with E-state index in [4.69, 9.17) is 11.6 Å². The van der Waals surface area contributed by atoms with Gasteiger partial charge < -0.3 is 10.6 Å². The molecule has 2 aromatic rings. The summed E-state index contributed by atoms with van der Waals surface area (Å²) in [6.45, 7) is -0.469. The Morgan fingerprint density at radius 1 is 1.33 bits per heavy atom. The highest BCUT2D eigenvalue weighted by Crippen LogP contribution is 2.46. The maximum Gasteiger partial charge on any atom is 0.436 e. The minimum absolute atomic E-state index is 0.00903. The van der Waals surface area contributed by atoms with Crippen LogP contribution in [0.15, 0.2) is 6.20 Å². The second-order valence-corrected chi connectivity index (χ2v) is 6.55. The van der Waals surface area contributed by atoms with E-state index in [9.17, 15) is 22.8 Å². The number of carbonyl (C=O) groups excluding carboxylic acids is 2. The third-order valence-electron chi connectivity index (χ3n) is 4.00. The number of halogens is 4. The van der Waals surface area contributed by atoms with Crippen molar-refractivity contribution < 1.29 is 22.8 Å². The van der Waals surface area contributed by atoms with Crippen LogP contribution in [0, 0.1) is 0 Å². The fourth-order valence-electron chi connectivity index (χ4n) is 2.69. The summed E-state index contributed by atoms with van der Waals surface area (Å²) in [5.74, 6) is -1.30. The molecule has 8 nitrogen and oxygen atoms in total. The lowest BCUT2D eigenvalue weighted by atomic mass is 10.2. The number of nitrogens with zero attached hydrogens (tertiary/aromatic N) is 4. The predicted octanol–water partition coefficient (Wildman–Crippen LogP) is 2.16. The first-order valence-corrected chi connectivity index (χ1v) is 8.38. The molecule has 2 amide bonds. The van der Waals surface area contributed by atoms with Crippen LogP contribution < -0.4 is 10.6 Å². The zero-order valence-corrected chi connectivity index (χ0v) is 15.1. The third kappa shape index (κ3) is 3.92. The summed E-state index contributed by atoms with van der Waals surface area (Å²) in [4.78, 5) is 24.2. The van der Waals surface area contributed by atoms with Crippen LogP contribution in [-0.4, -0.2) is 38.4 Å². The molecule has 0 aliphatic heterocycles. The lowest BCUT2D eigenvalue weighted by molar-refractivity contribution is -0.141. The van der Waals surface area contributed by atoms with E-state index in [1.807, 2.05) is 0 Å². The molecule has 1 saturated carbocycles. The Bertz CT molecular complexity index is 900. The Morgan fingerprint density at radius 2 is 2.00 bits per heavy atom. The molecule has 2 N–H and O–H groups in total. The van der Waals surface area contributed by atoms with Crippen molar-refractivity contribution in [2.45, 2.75) is 31.5 Å². The first-order chi connectivity index (χ1) is 12.6. The SMILES string of the molecule is CNC(=O)c1nn(C)cc1NC(=O)Cn1nc(C(F)(F)F)c(Cl)c1C1CC1. The van der Waals surface area contributed by atoms with E-state index in [2.05, 4.69) is 20.8 Å². The molecule has 2 aromatic heterocycles. The Kier molecular flexibility index (Phi) is 4.89. The van der Waals surface area contributed by atoms with Gasteiger partial charge in [0, 0.05) is 26.2 Å². The van der Waals surface area contributed by atoms with Crippen molar-refractivity contribution in [1.82, 2.24) is 24.9 Å². The second-order valence-electron chi connectivity index (χ2n) is 6.17. The number of aromatic nitrogens is 4. The topological polar surface area (TPSA) is 93.8 Å². The largest absolute Gasteiger partial charge is 0.436 e. The highest BCUT2D eigenvalue weighted by Gasteiger charge is 2.42. The Balaban J connectivity index is 1.84. The lowest BCUT2D eigenvalue weighted by Gasteiger charge is -2.08. The van der Waals surface area contributed by atoms with E-state index in [-0.39, 0.29) is 23.0 Å². The van der Waals surface area contributed by atoms with E-state index in [0.717, 1.165) is 4.68 Å². The summed E-state index contributed by atoms with van der Waals surface area (Å²) in [6.07, 6.45) is -1.92. The molecule has 0 saturated heterocycles. The van der Waals surface area contributed by atoms with E-state index < -0.39 is 35.3 Å². The monoisotopic (exact) mass is 404 g/mol. The van der Waals surface area contributed by atoms with Gasteiger partial charge in [-0.05, 0) is 12.8 Å². The summed E-state index contributed by atoms with van der Waals surface area (Å²) >= 11 is 5.88. The average Bonchev–Trinajstić information content (AvgIpc) is 3.25. The van der Waals surface area contributed by atoms with Crippen LogP contribution in [0.1, 0.15) is 40.6 Å². The number of aryl methyl sites for hydroxylation is 1. The molecular weight excluding hydrogens is 389 g/mol. The number of alkyl halides is 3. The van der Waals surface area contributed by atoms with Gasteiger partial charge in [-0.15, -0.1) is 0 Å². The van der Waals surface area contributed by atoms with Crippen molar-refractivity contribution in [3.05, 3.63) is 28.3 Å². The average molecular weight is 405 g/mol. The van der Waals surface area contributed by atoms with Crippen LogP contribution in [0.2, 0.25) is 5.02 Å². The standard InChI is InChI=1S/C15H16ClF3N6O2/c1-20-14(27)11-8(5-24(2)22-11)21-9(26)6-25-12(7-3-4-7)10(16)13(23-25)15(17,18)19/h5,7H,3-4,6H2,1-2H3,(H,20,27)(H,21,26). The van der Waals surface area contributed by atoms with Gasteiger partial charge in [0.15, 0.2) is 11.4 Å². The van der Waals surface area contributed by atoms with Crippen molar-refractivity contribution in [3.8, 4) is 0 Å². The van der Waals surface area contributed by atoms with Gasteiger partial charge in [-0.3, -0.25) is 19.0 Å². The number of anilines is 1. The zero-order chi connectivity index (χ0) is 19.9. The van der Waals surface area contributed by atoms with Gasteiger partial charge in [-0.1, -0.05) is 11.6 Å². The number of carbonyl (C=O) groups is 2. The van der Waals surface area contributed by atoms with Gasteiger partial charge in [0.1, 0.15) is 6.54 Å². The lowest BCUT2D eigenvalue weighted by Crippen LogP contribution is -2.24. The van der Waals surface area contributed by atoms with Crippen LogP contribution in [0.25, 0.3) is 0 Å². The van der Waals surface area contributed by atoms with Crippen molar-refractivity contribution in [2.24, 2.45) is 7.05 Å². The molecule has 12 heteroatoms. The molecule has 0 radical (unpaired) electrons. The Morgan fingerprint density at radius 3 is 2.56 bits per heavy atom. The molecule has 1 aliphatic rings. The summed E-state index contributed by atoms with van der Waals surface area (Å²) in [6, 6.07) is 0. The Labute approximate surface area is 156 Å². The maximum atomic E-state index is 13.1. The minimum Gasteiger partial charge on any atom is -0.354 e. The normalized spacial score (nSPS) is 14.3. The molecule has 0 atom stereocenters. The van der Waals surface area contributed by atoms with Crippen LogP contribution in [0.4, 0.5) is 18.9 Å². The third-order valence-corrected chi connectivity index (χ3v) is 4.38. The van der Waals surface area contributed by atoms with Crippen LogP contribution in [-0.2, 0) is 24.6 Å². The fourth-order valence-corrected chi connectivity index (χ4v) is 3.09. The summed E-state index contributed by atoms with van der Waals surface area (Å²) in [7, 11) is 2.98. The van der Waals surface area contributed by atoms with E-state index in [1.54, 1.807) is 7.05 Å². The van der Waals surface area contributed by atoms with E-state index in [0.29, 0.717) is 12.8 Å². The predicted molar refractivity (Wildman–Crippen MR) is 89.4 cm³/mol. The fraction of sp³-hybridized carbons (Fsp3) is 0.467. The molecule has 1 aliphatic carbocycles. The van der Waals surface area contributed by atoms with Crippen LogP contribution in [0.3, 0.4) is 0 Å². The summed E-state index contributed by atoms with van der Waals surface area (Å²) in [5.41, 5.74) is -0.863. The molecule has 0 unspecified atom stereocenters. The van der Waals surface area contributed by atoms with Gasteiger partial charge in [-0.25, -0.2) is 0 Å². The number of nitrogens with one attached hydrogen (secondary N) is 2. The zero-order valence-electron chi connectivity index (χ0n) is 14.4. The van der Waals surface area contributed by atoms with Crippen molar-refractivity contribution >= 4 is 29.1 Å². The number of hydrogen-bond donors (Lipinski definition) is 2. The summed E-state index contributed by atoms with van der Waals surface area (Å²) < 4.78 is 41.5. The second kappa shape index (κ2) is 6.87. The van der Waals surface area contributed by atoms with Gasteiger partial charge in [0.05, 0.1) is 16.4 Å². The van der Waals surface area contributed by atoms with E-state index in [1.165, 1.54) is 17.9 Å². The van der Waals surface area contributed by atoms with Gasteiger partial charge >= 0.3 is 6.18 Å². The van der Waals surface area contributed by atoms with Crippen molar-refractivity contribution in [2.75, 3.05) is 12.4 Å². The summed E-state index contributed by atoms with van der Waals surface area (Å²) in [5, 5.41) is 11.9. The van der Waals surface area contributed by atoms with Gasteiger partial charge in [0.2, 0.25) is 5.91 Å². The molecule has 3 rings (SSSR count). The van der Waals surface area contributed by atoms with Gasteiger partial charge in [0.25, 0.3) is 5.91 Å². The number of amides is 2. The quantitative estimate of drug-likeness (QED) is 0.798. The molecule has 146 valence electrons. The minimum atomic E-state index is -4.71. The molecule has 0 spiro atoms. The van der Waals surface area contributed by atoms with Crippen molar-refractivity contribution in [3.63, 3.8) is 0 Å². The molecule has 1 fully saturated rings. The van der Waals surface area contributed by atoms with Crippen molar-refractivity contribution in [1.29, 1.82) is 0 Å². The molecule has 27 heavy (non-hydrogen) atoms. The van der Waals surface area contributed by atoms with Gasteiger partial charge in [-0.2, -0.15) is 23.4 Å². The highest BCUT2D eigenvalue weighted by molar-refractivity contribution is 6.32. The smallest absolute Gasteiger partial charge is 0.354 e. The molecular formula is C15H16ClF3N6O2. The number of hydrogen-bond acceptors (Lipinski definition) is 4. The molecule has 2 heterocycles. The molecule has 0 aromatic carbocycles. The Hall–Kier alpha value is -2.56. The van der Waals surface area contributed by atoms with Crippen LogP contribution >= 0.6 is 11.6 Å². The molecule has 0 bridgehead atoms. The number of rotatable bonds is 5.